The van der Waals surface area contributed by atoms with Crippen molar-refractivity contribution in [3.05, 3.63) is 24.3 Å². The lowest BCUT2D eigenvalue weighted by Gasteiger charge is -2.29. The average Bonchev–Trinajstić information content (AvgIpc) is 3.37. The molecule has 110 valence electrons. The zero-order valence-corrected chi connectivity index (χ0v) is 12.5. The van der Waals surface area contributed by atoms with E-state index < -0.39 is 0 Å². The number of hydrogen-bond acceptors (Lipinski definition) is 6. The summed E-state index contributed by atoms with van der Waals surface area (Å²) in [5.74, 6) is 1.94. The van der Waals surface area contributed by atoms with Gasteiger partial charge in [0, 0.05) is 18.8 Å². The molecule has 21 heavy (non-hydrogen) atoms. The molecule has 0 amide bonds. The highest BCUT2D eigenvalue weighted by Crippen LogP contribution is 2.31. The topological polar surface area (TPSA) is 50.8 Å². The monoisotopic (exact) mass is 303 g/mol. The Labute approximate surface area is 127 Å². The van der Waals surface area contributed by atoms with E-state index in [1.165, 1.54) is 0 Å². The highest BCUT2D eigenvalue weighted by molar-refractivity contribution is 7.99. The quantitative estimate of drug-likeness (QED) is 0.636. The van der Waals surface area contributed by atoms with E-state index in [4.69, 9.17) is 19.4 Å². The summed E-state index contributed by atoms with van der Waals surface area (Å²) >= 11 is 1.75. The van der Waals surface area contributed by atoms with Crippen LogP contribution in [0.1, 0.15) is 0 Å². The van der Waals surface area contributed by atoms with Crippen molar-refractivity contribution in [3.8, 4) is 0 Å². The van der Waals surface area contributed by atoms with Crippen LogP contribution in [0.25, 0.3) is 11.0 Å². The second-order valence-corrected chi connectivity index (χ2v) is 6.22. The second-order valence-electron chi connectivity index (χ2n) is 5.21. The van der Waals surface area contributed by atoms with Gasteiger partial charge in [-0.3, -0.25) is 0 Å². The minimum absolute atomic E-state index is 0.390. The van der Waals surface area contributed by atoms with E-state index >= 15 is 0 Å². The molecule has 4 rings (SSSR count). The third kappa shape index (κ3) is 2.97. The van der Waals surface area contributed by atoms with Crippen LogP contribution in [0.5, 0.6) is 0 Å². The molecule has 2 aliphatic heterocycles. The van der Waals surface area contributed by atoms with Crippen molar-refractivity contribution < 1.29 is 9.47 Å². The Balaban J connectivity index is 1.70. The number of rotatable bonds is 4. The van der Waals surface area contributed by atoms with Gasteiger partial charge in [0.2, 0.25) is 0 Å². The molecule has 1 aromatic carbocycles. The van der Waals surface area contributed by atoms with Gasteiger partial charge in [-0.1, -0.05) is 23.9 Å². The van der Waals surface area contributed by atoms with Gasteiger partial charge in [-0.25, -0.2) is 9.97 Å². The SMILES string of the molecule is c1ccc2nc(N3CCOCC3)c(SCC3CO3)nc2c1. The molecule has 1 atom stereocenters. The second kappa shape index (κ2) is 5.79. The van der Waals surface area contributed by atoms with E-state index in [9.17, 15) is 0 Å². The van der Waals surface area contributed by atoms with Crippen molar-refractivity contribution in [2.24, 2.45) is 0 Å². The number of aromatic nitrogens is 2. The molecular formula is C15H17N3O2S. The Kier molecular flexibility index (Phi) is 3.67. The van der Waals surface area contributed by atoms with E-state index in [0.29, 0.717) is 6.10 Å². The first-order chi connectivity index (χ1) is 10.4. The third-order valence-electron chi connectivity index (χ3n) is 3.64. The lowest BCUT2D eigenvalue weighted by molar-refractivity contribution is 0.122. The molecule has 2 saturated heterocycles. The number of morpholine rings is 1. The maximum atomic E-state index is 5.44. The number of epoxide rings is 1. The van der Waals surface area contributed by atoms with E-state index in [0.717, 1.165) is 60.5 Å². The Morgan fingerprint density at radius 2 is 1.86 bits per heavy atom. The number of ether oxygens (including phenoxy) is 2. The van der Waals surface area contributed by atoms with Crippen molar-refractivity contribution in [1.82, 2.24) is 9.97 Å². The molecule has 3 heterocycles. The minimum atomic E-state index is 0.390. The van der Waals surface area contributed by atoms with Crippen LogP contribution in [-0.4, -0.2) is 54.7 Å². The summed E-state index contributed by atoms with van der Waals surface area (Å²) in [6.07, 6.45) is 0.390. The van der Waals surface area contributed by atoms with Gasteiger partial charge in [-0.05, 0) is 12.1 Å². The number of anilines is 1. The van der Waals surface area contributed by atoms with Gasteiger partial charge in [-0.15, -0.1) is 0 Å². The molecule has 5 nitrogen and oxygen atoms in total. The number of thioether (sulfide) groups is 1. The number of fused-ring (bicyclic) bond motifs is 1. The van der Waals surface area contributed by atoms with Crippen LogP contribution < -0.4 is 4.90 Å². The van der Waals surface area contributed by atoms with Crippen molar-refractivity contribution in [2.75, 3.05) is 43.6 Å². The molecule has 0 N–H and O–H groups in total. The summed E-state index contributed by atoms with van der Waals surface area (Å²) in [5, 5.41) is 1.01. The van der Waals surface area contributed by atoms with Gasteiger partial charge in [0.05, 0.1) is 37.0 Å². The summed E-state index contributed by atoms with van der Waals surface area (Å²) in [7, 11) is 0. The number of benzene rings is 1. The highest BCUT2D eigenvalue weighted by atomic mass is 32.2. The highest BCUT2D eigenvalue weighted by Gasteiger charge is 2.25. The fraction of sp³-hybridized carbons (Fsp3) is 0.467. The zero-order valence-electron chi connectivity index (χ0n) is 11.7. The third-order valence-corrected chi connectivity index (χ3v) is 4.73. The van der Waals surface area contributed by atoms with Gasteiger partial charge in [0.1, 0.15) is 5.03 Å². The Hall–Kier alpha value is -1.37. The minimum Gasteiger partial charge on any atom is -0.378 e. The van der Waals surface area contributed by atoms with Crippen LogP contribution in [0.4, 0.5) is 5.82 Å². The lowest BCUT2D eigenvalue weighted by atomic mass is 10.3. The Morgan fingerprint density at radius 1 is 1.14 bits per heavy atom. The maximum absolute atomic E-state index is 5.44. The van der Waals surface area contributed by atoms with Crippen LogP contribution in [0.2, 0.25) is 0 Å². The number of para-hydroxylation sites is 2. The summed E-state index contributed by atoms with van der Waals surface area (Å²) in [5.41, 5.74) is 1.90. The number of hydrogen-bond donors (Lipinski definition) is 0. The number of nitrogens with zero attached hydrogens (tertiary/aromatic N) is 3. The first kappa shape index (κ1) is 13.3. The summed E-state index contributed by atoms with van der Waals surface area (Å²) in [6, 6.07) is 8.04. The standard InChI is InChI=1S/C15H17N3O2S/c1-2-4-13-12(3-1)16-14(18-5-7-19-8-6-18)15(17-13)21-10-11-9-20-11/h1-4,11H,5-10H2. The molecule has 1 unspecified atom stereocenters. The molecule has 2 fully saturated rings. The van der Waals surface area contributed by atoms with Crippen molar-refractivity contribution >= 4 is 28.6 Å². The maximum Gasteiger partial charge on any atom is 0.162 e. The average molecular weight is 303 g/mol. The zero-order chi connectivity index (χ0) is 14.1. The first-order valence-electron chi connectivity index (χ1n) is 7.24. The fourth-order valence-corrected chi connectivity index (χ4v) is 3.39. The molecule has 0 saturated carbocycles. The van der Waals surface area contributed by atoms with E-state index in [1.54, 1.807) is 11.8 Å². The molecule has 1 aromatic heterocycles. The van der Waals surface area contributed by atoms with Crippen molar-refractivity contribution in [2.45, 2.75) is 11.1 Å². The van der Waals surface area contributed by atoms with Crippen molar-refractivity contribution in [3.63, 3.8) is 0 Å². The van der Waals surface area contributed by atoms with Gasteiger partial charge in [0.15, 0.2) is 5.82 Å². The van der Waals surface area contributed by atoms with Crippen LogP contribution >= 0.6 is 11.8 Å². The predicted molar refractivity (Wildman–Crippen MR) is 83.0 cm³/mol. The fourth-order valence-electron chi connectivity index (χ4n) is 2.39. The van der Waals surface area contributed by atoms with Crippen LogP contribution in [0, 0.1) is 0 Å². The molecule has 6 heteroatoms. The molecule has 0 bridgehead atoms. The molecule has 0 spiro atoms. The normalized spacial score (nSPS) is 21.7. The van der Waals surface area contributed by atoms with Crippen LogP contribution in [0.3, 0.4) is 0 Å². The summed E-state index contributed by atoms with van der Waals surface area (Å²) in [4.78, 5) is 11.9. The summed E-state index contributed by atoms with van der Waals surface area (Å²) in [6.45, 7) is 4.14. The van der Waals surface area contributed by atoms with Gasteiger partial charge < -0.3 is 14.4 Å². The first-order valence-corrected chi connectivity index (χ1v) is 8.22. The van der Waals surface area contributed by atoms with E-state index in [-0.39, 0.29) is 0 Å². The molecule has 0 radical (unpaired) electrons. The van der Waals surface area contributed by atoms with Crippen molar-refractivity contribution in [1.29, 1.82) is 0 Å². The molecule has 2 aliphatic rings. The van der Waals surface area contributed by atoms with E-state index in [2.05, 4.69) is 4.90 Å². The molecule has 2 aromatic rings. The van der Waals surface area contributed by atoms with Crippen LogP contribution in [0.15, 0.2) is 29.3 Å². The van der Waals surface area contributed by atoms with E-state index in [1.807, 2.05) is 24.3 Å². The molecule has 0 aliphatic carbocycles. The van der Waals surface area contributed by atoms with Gasteiger partial charge >= 0.3 is 0 Å². The predicted octanol–water partition coefficient (Wildman–Crippen LogP) is 1.96. The van der Waals surface area contributed by atoms with Crippen LogP contribution in [-0.2, 0) is 9.47 Å². The largest absolute Gasteiger partial charge is 0.378 e. The van der Waals surface area contributed by atoms with Gasteiger partial charge in [-0.2, -0.15) is 0 Å². The summed E-state index contributed by atoms with van der Waals surface area (Å²) < 4.78 is 10.7. The van der Waals surface area contributed by atoms with Gasteiger partial charge in [0.25, 0.3) is 0 Å². The molecular weight excluding hydrogens is 286 g/mol. The smallest absolute Gasteiger partial charge is 0.162 e. The Bertz CT molecular complexity index is 642. The lowest BCUT2D eigenvalue weighted by Crippen LogP contribution is -2.37. The Morgan fingerprint density at radius 3 is 2.57 bits per heavy atom.